The summed E-state index contributed by atoms with van der Waals surface area (Å²) in [5.41, 5.74) is 5.40. The molecule has 0 fully saturated rings. The minimum Gasteiger partial charge on any atom is -0.468 e. The molecule has 3 atom stereocenters. The summed E-state index contributed by atoms with van der Waals surface area (Å²) in [5.74, 6) is -0.370. The van der Waals surface area contributed by atoms with Gasteiger partial charge in [-0.1, -0.05) is 0 Å². The van der Waals surface area contributed by atoms with E-state index in [1.54, 1.807) is 6.92 Å². The first-order chi connectivity index (χ1) is 6.51. The minimum absolute atomic E-state index is 0.0302. The van der Waals surface area contributed by atoms with Crippen molar-refractivity contribution in [2.24, 2.45) is 5.73 Å². The molecule has 0 aliphatic rings. The zero-order valence-electron chi connectivity index (χ0n) is 8.99. The van der Waals surface area contributed by atoms with Crippen LogP contribution in [-0.4, -0.2) is 42.9 Å². The molecule has 3 unspecified atom stereocenters. The van der Waals surface area contributed by atoms with Crippen LogP contribution in [0.25, 0.3) is 0 Å². The van der Waals surface area contributed by atoms with E-state index >= 15 is 0 Å². The lowest BCUT2D eigenvalue weighted by molar-refractivity contribution is -0.143. The van der Waals surface area contributed by atoms with E-state index in [0.29, 0.717) is 6.42 Å². The van der Waals surface area contributed by atoms with Gasteiger partial charge in [0.15, 0.2) is 0 Å². The van der Waals surface area contributed by atoms with Gasteiger partial charge in [0.05, 0.1) is 13.2 Å². The molecular formula is C9H20N2O3. The summed E-state index contributed by atoms with van der Waals surface area (Å²) in [6.07, 6.45) is 0.182. The minimum atomic E-state index is -0.492. The molecular weight excluding hydrogens is 184 g/mol. The van der Waals surface area contributed by atoms with Gasteiger partial charge in [0.2, 0.25) is 0 Å². The van der Waals surface area contributed by atoms with Crippen LogP contribution in [0.5, 0.6) is 0 Å². The number of carbonyl (C=O) groups excluding carboxylic acids is 1. The molecule has 5 nitrogen and oxygen atoms in total. The van der Waals surface area contributed by atoms with Gasteiger partial charge in [0.25, 0.3) is 0 Å². The van der Waals surface area contributed by atoms with Crippen LogP contribution in [0.4, 0.5) is 0 Å². The van der Waals surface area contributed by atoms with Crippen molar-refractivity contribution < 1.29 is 14.6 Å². The highest BCUT2D eigenvalue weighted by Crippen LogP contribution is 1.98. The van der Waals surface area contributed by atoms with Crippen molar-refractivity contribution in [2.75, 3.05) is 13.7 Å². The molecule has 0 heterocycles. The molecule has 0 aliphatic carbocycles. The molecule has 0 aromatic heterocycles. The number of esters is 1. The molecule has 0 aromatic rings. The number of aliphatic hydroxyl groups is 1. The number of rotatable bonds is 6. The Bertz CT molecular complexity index is 173. The predicted octanol–water partition coefficient (Wildman–Crippen LogP) is -0.764. The van der Waals surface area contributed by atoms with Crippen molar-refractivity contribution in [3.63, 3.8) is 0 Å². The first-order valence-corrected chi connectivity index (χ1v) is 4.73. The van der Waals surface area contributed by atoms with E-state index in [1.807, 2.05) is 6.92 Å². The molecule has 0 spiro atoms. The predicted molar refractivity (Wildman–Crippen MR) is 53.8 cm³/mol. The number of nitrogens with one attached hydrogen (secondary N) is 1. The van der Waals surface area contributed by atoms with Gasteiger partial charge in [-0.2, -0.15) is 0 Å². The Hall–Kier alpha value is -0.650. The maximum absolute atomic E-state index is 11.1. The molecule has 0 aliphatic heterocycles. The Morgan fingerprint density at radius 3 is 2.50 bits per heavy atom. The van der Waals surface area contributed by atoms with Crippen LogP contribution in [-0.2, 0) is 9.53 Å². The summed E-state index contributed by atoms with van der Waals surface area (Å²) in [6.45, 7) is 3.78. The lowest BCUT2D eigenvalue weighted by Crippen LogP contribution is -2.48. The zero-order valence-corrected chi connectivity index (χ0v) is 8.99. The maximum atomic E-state index is 11.1. The van der Waals surface area contributed by atoms with E-state index in [4.69, 9.17) is 10.8 Å². The second-order valence-corrected chi connectivity index (χ2v) is 3.46. The topological polar surface area (TPSA) is 84.6 Å². The fourth-order valence-electron chi connectivity index (χ4n) is 1.30. The van der Waals surface area contributed by atoms with Crippen molar-refractivity contribution >= 4 is 5.97 Å². The molecule has 5 heteroatoms. The van der Waals surface area contributed by atoms with Gasteiger partial charge in [-0.3, -0.25) is 4.79 Å². The second-order valence-electron chi connectivity index (χ2n) is 3.46. The quantitative estimate of drug-likeness (QED) is 0.495. The SMILES string of the molecule is COC(=O)C(CN)NC(C)CC(C)O. The normalized spacial score (nSPS) is 17.2. The molecule has 0 radical (unpaired) electrons. The van der Waals surface area contributed by atoms with Gasteiger partial charge in [0, 0.05) is 12.6 Å². The Labute approximate surface area is 84.6 Å². The van der Waals surface area contributed by atoms with Crippen LogP contribution in [0.3, 0.4) is 0 Å². The smallest absolute Gasteiger partial charge is 0.324 e. The van der Waals surface area contributed by atoms with Gasteiger partial charge in [0.1, 0.15) is 6.04 Å². The largest absolute Gasteiger partial charge is 0.468 e. The van der Waals surface area contributed by atoms with Crippen LogP contribution in [0.1, 0.15) is 20.3 Å². The van der Waals surface area contributed by atoms with Crippen LogP contribution in [0.2, 0.25) is 0 Å². The standard InChI is InChI=1S/C9H20N2O3/c1-6(4-7(2)12)11-8(5-10)9(13)14-3/h6-8,11-12H,4-5,10H2,1-3H3. The fraction of sp³-hybridized carbons (Fsp3) is 0.889. The summed E-state index contributed by atoms with van der Waals surface area (Å²) in [4.78, 5) is 11.1. The summed E-state index contributed by atoms with van der Waals surface area (Å²) in [7, 11) is 1.33. The number of nitrogens with two attached hydrogens (primary N) is 1. The highest BCUT2D eigenvalue weighted by atomic mass is 16.5. The Kier molecular flexibility index (Phi) is 6.44. The number of aliphatic hydroxyl groups excluding tert-OH is 1. The molecule has 0 rings (SSSR count). The third-order valence-corrected chi connectivity index (χ3v) is 1.90. The Balaban J connectivity index is 3.98. The van der Waals surface area contributed by atoms with E-state index in [1.165, 1.54) is 7.11 Å². The van der Waals surface area contributed by atoms with Crippen LogP contribution in [0, 0.1) is 0 Å². The number of ether oxygens (including phenoxy) is 1. The van der Waals surface area contributed by atoms with Crippen LogP contribution >= 0.6 is 0 Å². The molecule has 14 heavy (non-hydrogen) atoms. The van der Waals surface area contributed by atoms with E-state index < -0.39 is 12.1 Å². The number of methoxy groups -OCH3 is 1. The van der Waals surface area contributed by atoms with E-state index in [-0.39, 0.29) is 18.6 Å². The van der Waals surface area contributed by atoms with Crippen molar-refractivity contribution in [3.05, 3.63) is 0 Å². The highest BCUT2D eigenvalue weighted by Gasteiger charge is 2.19. The third-order valence-electron chi connectivity index (χ3n) is 1.90. The summed E-state index contributed by atoms with van der Waals surface area (Å²) in [6, 6.07) is -0.462. The van der Waals surface area contributed by atoms with E-state index in [2.05, 4.69) is 10.1 Å². The first kappa shape index (κ1) is 13.4. The van der Waals surface area contributed by atoms with Crippen molar-refractivity contribution in [1.29, 1.82) is 0 Å². The molecule has 0 aromatic carbocycles. The van der Waals surface area contributed by atoms with Crippen LogP contribution in [0.15, 0.2) is 0 Å². The number of hydrogen-bond donors (Lipinski definition) is 3. The Morgan fingerprint density at radius 2 is 2.14 bits per heavy atom. The Morgan fingerprint density at radius 1 is 1.57 bits per heavy atom. The van der Waals surface area contributed by atoms with Crippen molar-refractivity contribution in [2.45, 2.75) is 38.5 Å². The van der Waals surface area contributed by atoms with E-state index in [9.17, 15) is 4.79 Å². The van der Waals surface area contributed by atoms with Gasteiger partial charge in [-0.25, -0.2) is 0 Å². The van der Waals surface area contributed by atoms with Crippen molar-refractivity contribution in [3.8, 4) is 0 Å². The zero-order chi connectivity index (χ0) is 11.1. The molecule has 0 saturated carbocycles. The van der Waals surface area contributed by atoms with Gasteiger partial charge in [-0.05, 0) is 20.3 Å². The molecule has 0 amide bonds. The summed E-state index contributed by atoms with van der Waals surface area (Å²) >= 11 is 0. The number of hydrogen-bond acceptors (Lipinski definition) is 5. The monoisotopic (exact) mass is 204 g/mol. The average molecular weight is 204 g/mol. The first-order valence-electron chi connectivity index (χ1n) is 4.73. The molecule has 0 saturated heterocycles. The fourth-order valence-corrected chi connectivity index (χ4v) is 1.30. The maximum Gasteiger partial charge on any atom is 0.324 e. The molecule has 4 N–H and O–H groups in total. The van der Waals surface area contributed by atoms with Crippen LogP contribution < -0.4 is 11.1 Å². The van der Waals surface area contributed by atoms with Gasteiger partial charge < -0.3 is 20.9 Å². The van der Waals surface area contributed by atoms with Gasteiger partial charge >= 0.3 is 5.97 Å². The highest BCUT2D eigenvalue weighted by molar-refractivity contribution is 5.75. The molecule has 0 bridgehead atoms. The van der Waals surface area contributed by atoms with Crippen molar-refractivity contribution in [1.82, 2.24) is 5.32 Å². The summed E-state index contributed by atoms with van der Waals surface area (Å²) < 4.78 is 4.57. The second kappa shape index (κ2) is 6.75. The third kappa shape index (κ3) is 5.16. The molecule has 84 valence electrons. The van der Waals surface area contributed by atoms with E-state index in [0.717, 1.165) is 0 Å². The van der Waals surface area contributed by atoms with Gasteiger partial charge in [-0.15, -0.1) is 0 Å². The summed E-state index contributed by atoms with van der Waals surface area (Å²) in [5, 5.41) is 12.1. The average Bonchev–Trinajstić information content (AvgIpc) is 2.11. The number of carbonyl (C=O) groups is 1. The lowest BCUT2D eigenvalue weighted by Gasteiger charge is -2.20. The lowest BCUT2D eigenvalue weighted by atomic mass is 10.1.